The zero-order valence-electron chi connectivity index (χ0n) is 11.3. The molecule has 1 aromatic carbocycles. The number of aryl methyl sites for hydroxylation is 1. The summed E-state index contributed by atoms with van der Waals surface area (Å²) in [7, 11) is 0. The van der Waals surface area contributed by atoms with Gasteiger partial charge in [0.25, 0.3) is 0 Å². The Bertz CT molecular complexity index is 602. The number of hydrogen-bond acceptors (Lipinski definition) is 5. The Morgan fingerprint density at radius 2 is 2.05 bits per heavy atom. The molecule has 2 rings (SSSR count). The molecule has 0 radical (unpaired) electrons. The molecule has 0 aliphatic heterocycles. The van der Waals surface area contributed by atoms with Crippen LogP contribution in [-0.2, 0) is 9.63 Å². The van der Waals surface area contributed by atoms with Gasteiger partial charge >= 0.3 is 5.97 Å². The van der Waals surface area contributed by atoms with Gasteiger partial charge < -0.3 is 14.0 Å². The number of furan rings is 1. The summed E-state index contributed by atoms with van der Waals surface area (Å²) < 4.78 is 10.5. The van der Waals surface area contributed by atoms with Crippen LogP contribution in [0.3, 0.4) is 0 Å². The van der Waals surface area contributed by atoms with E-state index >= 15 is 0 Å². The first kappa shape index (κ1) is 13.9. The van der Waals surface area contributed by atoms with E-state index in [2.05, 4.69) is 5.16 Å². The lowest BCUT2D eigenvalue weighted by molar-refractivity contribution is -0.146. The molecule has 5 heteroatoms. The van der Waals surface area contributed by atoms with Gasteiger partial charge in [0.15, 0.2) is 12.4 Å². The highest BCUT2D eigenvalue weighted by atomic mass is 16.7. The molecule has 0 saturated carbocycles. The molecule has 0 saturated heterocycles. The molecule has 0 N–H and O–H groups in total. The van der Waals surface area contributed by atoms with Crippen LogP contribution in [0.5, 0.6) is 5.75 Å². The number of carbonyl (C=O) groups excluding carboxylic acids is 1. The molecule has 0 fully saturated rings. The van der Waals surface area contributed by atoms with E-state index in [0.29, 0.717) is 17.2 Å². The van der Waals surface area contributed by atoms with Crippen molar-refractivity contribution in [1.29, 1.82) is 0 Å². The first-order valence-electron chi connectivity index (χ1n) is 6.13. The lowest BCUT2D eigenvalue weighted by Gasteiger charge is -2.06. The first-order chi connectivity index (χ1) is 9.66. The van der Waals surface area contributed by atoms with E-state index in [4.69, 9.17) is 14.0 Å². The van der Waals surface area contributed by atoms with Gasteiger partial charge in [-0.1, -0.05) is 23.4 Å². The lowest BCUT2D eigenvalue weighted by Crippen LogP contribution is -2.13. The van der Waals surface area contributed by atoms with E-state index in [-0.39, 0.29) is 6.61 Å². The van der Waals surface area contributed by atoms with Crippen molar-refractivity contribution in [2.75, 3.05) is 6.61 Å². The van der Waals surface area contributed by atoms with Crippen molar-refractivity contribution in [3.05, 3.63) is 54.0 Å². The third-order valence-electron chi connectivity index (χ3n) is 2.60. The van der Waals surface area contributed by atoms with E-state index in [0.717, 1.165) is 5.56 Å². The molecule has 5 nitrogen and oxygen atoms in total. The number of nitrogens with zero attached hydrogens (tertiary/aromatic N) is 1. The van der Waals surface area contributed by atoms with E-state index in [1.54, 1.807) is 25.1 Å². The Balaban J connectivity index is 1.84. The van der Waals surface area contributed by atoms with Crippen LogP contribution in [0.2, 0.25) is 0 Å². The third kappa shape index (κ3) is 3.71. The molecule has 0 bridgehead atoms. The van der Waals surface area contributed by atoms with E-state index in [9.17, 15) is 4.79 Å². The SMILES string of the molecule is C/C(=N\OC(=O)COc1ccccc1C)c1ccco1. The predicted octanol–water partition coefficient (Wildman–Crippen LogP) is 2.93. The summed E-state index contributed by atoms with van der Waals surface area (Å²) in [4.78, 5) is 16.3. The highest BCUT2D eigenvalue weighted by molar-refractivity contribution is 5.96. The zero-order valence-corrected chi connectivity index (χ0v) is 11.3. The summed E-state index contributed by atoms with van der Waals surface area (Å²) in [6.07, 6.45) is 1.53. The molecule has 0 unspecified atom stereocenters. The smallest absolute Gasteiger partial charge is 0.372 e. The minimum Gasteiger partial charge on any atom is -0.482 e. The average Bonchev–Trinajstić information content (AvgIpc) is 2.98. The van der Waals surface area contributed by atoms with Crippen molar-refractivity contribution < 1.29 is 18.8 Å². The summed E-state index contributed by atoms with van der Waals surface area (Å²) >= 11 is 0. The maximum atomic E-state index is 11.5. The van der Waals surface area contributed by atoms with Gasteiger partial charge in [0, 0.05) is 0 Å². The van der Waals surface area contributed by atoms with Crippen molar-refractivity contribution in [2.45, 2.75) is 13.8 Å². The molecule has 1 heterocycles. The molecule has 2 aromatic rings. The Labute approximate surface area is 116 Å². The monoisotopic (exact) mass is 273 g/mol. The number of hydrogen-bond donors (Lipinski definition) is 0. The number of carbonyl (C=O) groups is 1. The second kappa shape index (κ2) is 6.56. The van der Waals surface area contributed by atoms with E-state index in [1.807, 2.05) is 25.1 Å². The molecular formula is C15H15NO4. The largest absolute Gasteiger partial charge is 0.482 e. The van der Waals surface area contributed by atoms with Gasteiger partial charge in [-0.15, -0.1) is 0 Å². The Morgan fingerprint density at radius 1 is 1.25 bits per heavy atom. The highest BCUT2D eigenvalue weighted by Crippen LogP contribution is 2.15. The second-order valence-corrected chi connectivity index (χ2v) is 4.17. The summed E-state index contributed by atoms with van der Waals surface area (Å²) in [6, 6.07) is 10.9. The van der Waals surface area contributed by atoms with Crippen LogP contribution >= 0.6 is 0 Å². The topological polar surface area (TPSA) is 61.0 Å². The van der Waals surface area contributed by atoms with Crippen molar-refractivity contribution in [1.82, 2.24) is 0 Å². The highest BCUT2D eigenvalue weighted by Gasteiger charge is 2.07. The number of para-hydroxylation sites is 1. The fraction of sp³-hybridized carbons (Fsp3) is 0.200. The molecule has 20 heavy (non-hydrogen) atoms. The molecular weight excluding hydrogens is 258 g/mol. The summed E-state index contributed by atoms with van der Waals surface area (Å²) in [5.74, 6) is 0.632. The van der Waals surface area contributed by atoms with Gasteiger partial charge in [-0.25, -0.2) is 4.79 Å². The Morgan fingerprint density at radius 3 is 2.75 bits per heavy atom. The predicted molar refractivity (Wildman–Crippen MR) is 73.7 cm³/mol. The number of ether oxygens (including phenoxy) is 1. The summed E-state index contributed by atoms with van der Waals surface area (Å²) in [5.41, 5.74) is 1.44. The molecule has 104 valence electrons. The number of benzene rings is 1. The van der Waals surface area contributed by atoms with Crippen LogP contribution in [0.4, 0.5) is 0 Å². The molecule has 0 spiro atoms. The first-order valence-corrected chi connectivity index (χ1v) is 6.13. The Kier molecular flexibility index (Phi) is 4.55. The van der Waals surface area contributed by atoms with Crippen LogP contribution in [-0.4, -0.2) is 18.3 Å². The van der Waals surface area contributed by atoms with Gasteiger partial charge in [-0.3, -0.25) is 0 Å². The molecule has 0 atom stereocenters. The van der Waals surface area contributed by atoms with Crippen LogP contribution < -0.4 is 4.74 Å². The van der Waals surface area contributed by atoms with Crippen molar-refractivity contribution >= 4 is 11.7 Å². The quantitative estimate of drug-likeness (QED) is 0.477. The zero-order chi connectivity index (χ0) is 14.4. The van der Waals surface area contributed by atoms with E-state index < -0.39 is 5.97 Å². The normalized spacial score (nSPS) is 11.2. The van der Waals surface area contributed by atoms with Crippen LogP contribution in [0.1, 0.15) is 18.2 Å². The number of oxime groups is 1. The van der Waals surface area contributed by atoms with E-state index in [1.165, 1.54) is 6.26 Å². The third-order valence-corrected chi connectivity index (χ3v) is 2.60. The maximum absolute atomic E-state index is 11.5. The van der Waals surface area contributed by atoms with Gasteiger partial charge in [-0.2, -0.15) is 0 Å². The van der Waals surface area contributed by atoms with Crippen LogP contribution in [0.15, 0.2) is 52.2 Å². The summed E-state index contributed by atoms with van der Waals surface area (Å²) in [5, 5.41) is 3.69. The fourth-order valence-corrected chi connectivity index (χ4v) is 1.53. The molecule has 0 aliphatic carbocycles. The van der Waals surface area contributed by atoms with Gasteiger partial charge in [0.2, 0.25) is 0 Å². The molecule has 1 aromatic heterocycles. The minimum atomic E-state index is -0.570. The molecule has 0 aliphatic rings. The summed E-state index contributed by atoms with van der Waals surface area (Å²) in [6.45, 7) is 3.40. The second-order valence-electron chi connectivity index (χ2n) is 4.17. The van der Waals surface area contributed by atoms with Crippen LogP contribution in [0, 0.1) is 6.92 Å². The standard InChI is InChI=1S/C15H15NO4/c1-11-6-3-4-7-13(11)19-10-15(17)20-16-12(2)14-8-5-9-18-14/h3-9H,10H2,1-2H3/b16-12+. The van der Waals surface area contributed by atoms with Gasteiger partial charge in [-0.05, 0) is 37.6 Å². The lowest BCUT2D eigenvalue weighted by atomic mass is 10.2. The van der Waals surface area contributed by atoms with Gasteiger partial charge in [0.05, 0.1) is 6.26 Å². The average molecular weight is 273 g/mol. The number of rotatable bonds is 5. The fourth-order valence-electron chi connectivity index (χ4n) is 1.53. The maximum Gasteiger partial charge on any atom is 0.372 e. The molecule has 0 amide bonds. The Hall–Kier alpha value is -2.56. The minimum absolute atomic E-state index is 0.195. The van der Waals surface area contributed by atoms with Crippen LogP contribution in [0.25, 0.3) is 0 Å². The van der Waals surface area contributed by atoms with Crippen molar-refractivity contribution in [2.24, 2.45) is 5.16 Å². The van der Waals surface area contributed by atoms with Crippen molar-refractivity contribution in [3.8, 4) is 5.75 Å². The van der Waals surface area contributed by atoms with Crippen molar-refractivity contribution in [3.63, 3.8) is 0 Å². The van der Waals surface area contributed by atoms with Gasteiger partial charge in [0.1, 0.15) is 11.5 Å².